The first-order valence-electron chi connectivity index (χ1n) is 5.82. The molecule has 0 heterocycles. The fourth-order valence-electron chi connectivity index (χ4n) is 1.64. The zero-order valence-electron chi connectivity index (χ0n) is 10.4. The minimum atomic E-state index is -3.34. The van der Waals surface area contributed by atoms with Crippen molar-refractivity contribution >= 4 is 13.3 Å². The van der Waals surface area contributed by atoms with E-state index in [0.29, 0.717) is 5.56 Å². The SMILES string of the molecule is N[C@@H](Cc1ccc(CP(=O)(O)CCO)cc1)C(=O)O. The van der Waals surface area contributed by atoms with Crippen LogP contribution in [-0.2, 0) is 21.9 Å². The summed E-state index contributed by atoms with van der Waals surface area (Å²) >= 11 is 0. The molecule has 0 spiro atoms. The van der Waals surface area contributed by atoms with Crippen LogP contribution in [0.25, 0.3) is 0 Å². The molecule has 0 aromatic heterocycles. The van der Waals surface area contributed by atoms with Crippen LogP contribution in [-0.4, -0.2) is 39.9 Å². The summed E-state index contributed by atoms with van der Waals surface area (Å²) in [4.78, 5) is 20.2. The number of rotatable bonds is 7. The molecule has 0 aliphatic rings. The molecule has 106 valence electrons. The third-order valence-electron chi connectivity index (χ3n) is 2.67. The highest BCUT2D eigenvalue weighted by Crippen LogP contribution is 2.43. The first-order chi connectivity index (χ1) is 8.84. The molecule has 0 radical (unpaired) electrons. The number of benzene rings is 1. The predicted molar refractivity (Wildman–Crippen MR) is 71.2 cm³/mol. The van der Waals surface area contributed by atoms with Gasteiger partial charge in [0.05, 0.1) is 6.61 Å². The van der Waals surface area contributed by atoms with Crippen molar-refractivity contribution in [2.45, 2.75) is 18.6 Å². The first-order valence-corrected chi connectivity index (χ1v) is 7.85. The summed E-state index contributed by atoms with van der Waals surface area (Å²) in [6.07, 6.45) is 0.0838. The summed E-state index contributed by atoms with van der Waals surface area (Å²) in [7, 11) is -3.34. The van der Waals surface area contributed by atoms with Gasteiger partial charge in [-0.05, 0) is 17.5 Å². The Labute approximate surface area is 111 Å². The van der Waals surface area contributed by atoms with Crippen LogP contribution in [0.2, 0.25) is 0 Å². The van der Waals surface area contributed by atoms with Crippen LogP contribution in [0.3, 0.4) is 0 Å². The number of aliphatic hydroxyl groups is 1. The fourth-order valence-corrected chi connectivity index (χ4v) is 2.89. The molecule has 2 atom stereocenters. The number of carbonyl (C=O) groups is 1. The molecule has 0 bridgehead atoms. The average molecular weight is 287 g/mol. The zero-order chi connectivity index (χ0) is 14.5. The van der Waals surface area contributed by atoms with Crippen molar-refractivity contribution in [3.63, 3.8) is 0 Å². The highest BCUT2D eigenvalue weighted by atomic mass is 31.2. The van der Waals surface area contributed by atoms with Crippen molar-refractivity contribution in [3.05, 3.63) is 35.4 Å². The van der Waals surface area contributed by atoms with E-state index in [2.05, 4.69) is 0 Å². The molecule has 5 N–H and O–H groups in total. The summed E-state index contributed by atoms with van der Waals surface area (Å²) in [6, 6.07) is 5.77. The molecular formula is C12H18NO5P. The van der Waals surface area contributed by atoms with E-state index in [4.69, 9.17) is 15.9 Å². The van der Waals surface area contributed by atoms with Gasteiger partial charge in [-0.15, -0.1) is 0 Å². The van der Waals surface area contributed by atoms with Gasteiger partial charge < -0.3 is 20.8 Å². The maximum Gasteiger partial charge on any atom is 0.320 e. The third-order valence-corrected chi connectivity index (χ3v) is 4.43. The van der Waals surface area contributed by atoms with Crippen molar-refractivity contribution in [1.29, 1.82) is 0 Å². The van der Waals surface area contributed by atoms with E-state index < -0.39 is 19.4 Å². The Morgan fingerprint density at radius 2 is 1.79 bits per heavy atom. The number of nitrogens with two attached hydrogens (primary N) is 1. The van der Waals surface area contributed by atoms with E-state index >= 15 is 0 Å². The Kier molecular flexibility index (Phi) is 5.69. The van der Waals surface area contributed by atoms with Crippen molar-refractivity contribution in [3.8, 4) is 0 Å². The Morgan fingerprint density at radius 1 is 1.26 bits per heavy atom. The van der Waals surface area contributed by atoms with Crippen LogP contribution in [0.5, 0.6) is 0 Å². The van der Waals surface area contributed by atoms with E-state index in [1.54, 1.807) is 24.3 Å². The molecule has 0 saturated heterocycles. The second-order valence-corrected chi connectivity index (χ2v) is 6.87. The molecule has 7 heteroatoms. The van der Waals surface area contributed by atoms with Gasteiger partial charge in [0.2, 0.25) is 7.37 Å². The number of hydrogen-bond acceptors (Lipinski definition) is 4. The van der Waals surface area contributed by atoms with Crippen molar-refractivity contribution in [2.75, 3.05) is 12.8 Å². The molecule has 0 amide bonds. The number of aliphatic carboxylic acids is 1. The molecule has 1 unspecified atom stereocenters. The predicted octanol–water partition coefficient (Wildman–Crippen LogP) is 0.404. The minimum Gasteiger partial charge on any atom is -0.480 e. The van der Waals surface area contributed by atoms with Crippen molar-refractivity contribution in [2.24, 2.45) is 5.73 Å². The van der Waals surface area contributed by atoms with Crippen molar-refractivity contribution in [1.82, 2.24) is 0 Å². The fraction of sp³-hybridized carbons (Fsp3) is 0.417. The highest BCUT2D eigenvalue weighted by Gasteiger charge is 2.18. The summed E-state index contributed by atoms with van der Waals surface area (Å²) < 4.78 is 11.6. The van der Waals surface area contributed by atoms with Crippen LogP contribution in [0.1, 0.15) is 11.1 Å². The maximum absolute atomic E-state index is 11.6. The number of aliphatic hydroxyl groups excluding tert-OH is 1. The van der Waals surface area contributed by atoms with Gasteiger partial charge in [-0.1, -0.05) is 24.3 Å². The van der Waals surface area contributed by atoms with E-state index in [1.165, 1.54) is 0 Å². The van der Waals surface area contributed by atoms with Crippen LogP contribution in [0.4, 0.5) is 0 Å². The van der Waals surface area contributed by atoms with Crippen LogP contribution >= 0.6 is 7.37 Å². The molecule has 0 aliphatic heterocycles. The van der Waals surface area contributed by atoms with Crippen molar-refractivity contribution < 1.29 is 24.5 Å². The highest BCUT2D eigenvalue weighted by molar-refractivity contribution is 7.57. The molecule has 1 aromatic carbocycles. The summed E-state index contributed by atoms with van der Waals surface area (Å²) in [6.45, 7) is -0.320. The average Bonchev–Trinajstić information content (AvgIpc) is 2.31. The van der Waals surface area contributed by atoms with Gasteiger partial charge in [-0.2, -0.15) is 0 Å². The first kappa shape index (κ1) is 15.9. The lowest BCUT2D eigenvalue weighted by Gasteiger charge is -2.11. The van der Waals surface area contributed by atoms with E-state index in [-0.39, 0.29) is 25.4 Å². The van der Waals surface area contributed by atoms with Gasteiger partial charge >= 0.3 is 5.97 Å². The topological polar surface area (TPSA) is 121 Å². The Hall–Kier alpha value is -1.20. The van der Waals surface area contributed by atoms with Gasteiger partial charge in [-0.3, -0.25) is 9.36 Å². The standard InChI is InChI=1S/C12H18NO5P/c13-11(12(15)16)7-9-1-3-10(4-2-9)8-19(17,18)6-5-14/h1-4,11,14H,5-8,13H2,(H,15,16)(H,17,18)/t11-/m0/s1. The lowest BCUT2D eigenvalue weighted by molar-refractivity contribution is -0.138. The van der Waals surface area contributed by atoms with E-state index in [1.807, 2.05) is 0 Å². The quantitative estimate of drug-likeness (QED) is 0.539. The van der Waals surface area contributed by atoms with Gasteiger partial charge in [0.25, 0.3) is 0 Å². The summed E-state index contributed by atoms with van der Waals surface area (Å²) in [5.41, 5.74) is 6.85. The molecule has 0 fully saturated rings. The van der Waals surface area contributed by atoms with Crippen LogP contribution in [0.15, 0.2) is 24.3 Å². The lowest BCUT2D eigenvalue weighted by Crippen LogP contribution is -2.32. The Balaban J connectivity index is 2.66. The monoisotopic (exact) mass is 287 g/mol. The van der Waals surface area contributed by atoms with Gasteiger partial charge in [0, 0.05) is 12.3 Å². The van der Waals surface area contributed by atoms with Crippen LogP contribution in [0, 0.1) is 0 Å². The Morgan fingerprint density at radius 3 is 2.26 bits per heavy atom. The number of carboxylic acid groups (broad SMARTS) is 1. The molecular weight excluding hydrogens is 269 g/mol. The minimum absolute atomic E-state index is 0.00117. The molecule has 0 aliphatic carbocycles. The van der Waals surface area contributed by atoms with Crippen LogP contribution < -0.4 is 5.73 Å². The van der Waals surface area contributed by atoms with E-state index in [0.717, 1.165) is 5.56 Å². The molecule has 6 nitrogen and oxygen atoms in total. The molecule has 1 rings (SSSR count). The largest absolute Gasteiger partial charge is 0.480 e. The molecule has 19 heavy (non-hydrogen) atoms. The molecule has 1 aromatic rings. The van der Waals surface area contributed by atoms with Gasteiger partial charge in [-0.25, -0.2) is 0 Å². The smallest absolute Gasteiger partial charge is 0.320 e. The zero-order valence-corrected chi connectivity index (χ0v) is 11.3. The lowest BCUT2D eigenvalue weighted by atomic mass is 10.1. The molecule has 0 saturated carbocycles. The third kappa shape index (κ3) is 5.53. The summed E-state index contributed by atoms with van der Waals surface area (Å²) in [5.74, 6) is -1.06. The Bertz CT molecular complexity index is 474. The number of carboxylic acids is 1. The maximum atomic E-state index is 11.6. The summed E-state index contributed by atoms with van der Waals surface area (Å²) in [5, 5.41) is 17.4. The van der Waals surface area contributed by atoms with Gasteiger partial charge in [0.1, 0.15) is 6.04 Å². The normalized spacial score (nSPS) is 15.7. The second-order valence-electron chi connectivity index (χ2n) is 4.42. The van der Waals surface area contributed by atoms with Gasteiger partial charge in [0.15, 0.2) is 0 Å². The second kappa shape index (κ2) is 6.82. The van der Waals surface area contributed by atoms with E-state index in [9.17, 15) is 14.3 Å². The number of hydrogen-bond donors (Lipinski definition) is 4.